The predicted octanol–water partition coefficient (Wildman–Crippen LogP) is 8.48. The quantitative estimate of drug-likeness (QED) is 0.201. The highest BCUT2D eigenvalue weighted by Gasteiger charge is 2.11. The number of fused-ring (bicyclic) bond motifs is 3. The summed E-state index contributed by atoms with van der Waals surface area (Å²) in [5.41, 5.74) is 4.33. The van der Waals surface area contributed by atoms with Crippen LogP contribution in [0.25, 0.3) is 32.3 Å². The lowest BCUT2D eigenvalue weighted by molar-refractivity contribution is 0.284. The molecule has 0 bridgehead atoms. The summed E-state index contributed by atoms with van der Waals surface area (Å²) in [5, 5.41) is 8.14. The molecular weight excluding hydrogens is 446 g/mol. The van der Waals surface area contributed by atoms with Crippen molar-refractivity contribution in [1.29, 1.82) is 0 Å². The van der Waals surface area contributed by atoms with Crippen LogP contribution in [0, 0.1) is 0 Å². The fourth-order valence-electron chi connectivity index (χ4n) is 5.70. The molecule has 0 atom stereocenters. The third-order valence-corrected chi connectivity index (χ3v) is 7.73. The molecule has 0 aliphatic rings. The maximum absolute atomic E-state index is 2.67. The van der Waals surface area contributed by atoms with E-state index in [0.29, 0.717) is 0 Å². The molecule has 0 unspecified atom stereocenters. The van der Waals surface area contributed by atoms with E-state index in [2.05, 4.69) is 132 Å². The van der Waals surface area contributed by atoms with Crippen molar-refractivity contribution in [3.63, 3.8) is 0 Å². The highest BCUT2D eigenvalue weighted by Crippen LogP contribution is 2.22. The van der Waals surface area contributed by atoms with Gasteiger partial charge in [0.05, 0.1) is 0 Å². The maximum atomic E-state index is 2.67. The molecule has 37 heavy (non-hydrogen) atoms. The molecular formula is C36H33N. The van der Waals surface area contributed by atoms with Crippen LogP contribution in [0.3, 0.4) is 0 Å². The standard InChI is InChI=1S/C36H33N/c1-4-19-34-28(10-1)13-7-16-31(34)22-25-37(26-23-32-17-8-14-29-11-2-5-20-35(29)32)27-24-33-18-9-15-30-12-3-6-21-36(30)33/h1-21H,22-27H2. The van der Waals surface area contributed by atoms with Crippen molar-refractivity contribution >= 4 is 32.3 Å². The lowest BCUT2D eigenvalue weighted by atomic mass is 10.00. The van der Waals surface area contributed by atoms with E-state index in [0.717, 1.165) is 38.9 Å². The van der Waals surface area contributed by atoms with E-state index in [-0.39, 0.29) is 0 Å². The Kier molecular flexibility index (Phi) is 6.97. The van der Waals surface area contributed by atoms with Gasteiger partial charge in [0.25, 0.3) is 0 Å². The van der Waals surface area contributed by atoms with Crippen LogP contribution in [0.4, 0.5) is 0 Å². The van der Waals surface area contributed by atoms with Crippen LogP contribution in [0.15, 0.2) is 127 Å². The van der Waals surface area contributed by atoms with Gasteiger partial charge in [0, 0.05) is 19.6 Å². The van der Waals surface area contributed by atoms with Crippen LogP contribution in [-0.2, 0) is 19.3 Å². The van der Waals surface area contributed by atoms with Gasteiger partial charge in [0.2, 0.25) is 0 Å². The summed E-state index contributed by atoms with van der Waals surface area (Å²) in [6.07, 6.45) is 3.19. The SMILES string of the molecule is c1ccc2c(CCN(CCc3cccc4ccccc34)CCc3cccc4ccccc34)cccc2c1. The molecule has 0 aromatic heterocycles. The molecule has 6 aromatic carbocycles. The Morgan fingerprint density at radius 2 is 0.622 bits per heavy atom. The summed E-state index contributed by atoms with van der Waals surface area (Å²) >= 11 is 0. The monoisotopic (exact) mass is 479 g/mol. The molecule has 0 saturated heterocycles. The fourth-order valence-corrected chi connectivity index (χ4v) is 5.70. The van der Waals surface area contributed by atoms with E-state index in [9.17, 15) is 0 Å². The number of hydrogen-bond donors (Lipinski definition) is 0. The van der Waals surface area contributed by atoms with Crippen molar-refractivity contribution in [2.75, 3.05) is 19.6 Å². The molecule has 6 rings (SSSR count). The predicted molar refractivity (Wildman–Crippen MR) is 159 cm³/mol. The Morgan fingerprint density at radius 3 is 0.973 bits per heavy atom. The van der Waals surface area contributed by atoms with Crippen molar-refractivity contribution in [3.8, 4) is 0 Å². The Bertz CT molecular complexity index is 1430. The molecule has 6 aromatic rings. The summed E-state index contributed by atoms with van der Waals surface area (Å²) in [6, 6.07) is 46.5. The Hall–Kier alpha value is -3.94. The number of benzene rings is 6. The largest absolute Gasteiger partial charge is 0.302 e. The molecule has 0 aliphatic carbocycles. The van der Waals surface area contributed by atoms with Gasteiger partial charge in [-0.3, -0.25) is 0 Å². The van der Waals surface area contributed by atoms with Crippen LogP contribution in [-0.4, -0.2) is 24.5 Å². The van der Waals surface area contributed by atoms with Crippen molar-refractivity contribution in [1.82, 2.24) is 4.90 Å². The highest BCUT2D eigenvalue weighted by molar-refractivity contribution is 5.87. The van der Waals surface area contributed by atoms with Crippen LogP contribution >= 0.6 is 0 Å². The van der Waals surface area contributed by atoms with Crippen LogP contribution < -0.4 is 0 Å². The van der Waals surface area contributed by atoms with E-state index >= 15 is 0 Å². The van der Waals surface area contributed by atoms with Gasteiger partial charge < -0.3 is 4.90 Å². The third kappa shape index (κ3) is 5.28. The molecule has 0 N–H and O–H groups in total. The minimum atomic E-state index is 1.06. The van der Waals surface area contributed by atoms with Crippen LogP contribution in [0.1, 0.15) is 16.7 Å². The second kappa shape index (κ2) is 11.0. The van der Waals surface area contributed by atoms with E-state index in [1.54, 1.807) is 0 Å². The second-order valence-electron chi connectivity index (χ2n) is 10.0. The van der Waals surface area contributed by atoms with Gasteiger partial charge >= 0.3 is 0 Å². The Morgan fingerprint density at radius 1 is 0.324 bits per heavy atom. The summed E-state index contributed by atoms with van der Waals surface area (Å²) in [7, 11) is 0. The van der Waals surface area contributed by atoms with Gasteiger partial charge in [0.1, 0.15) is 0 Å². The normalized spacial score (nSPS) is 11.6. The molecule has 182 valence electrons. The summed E-state index contributed by atoms with van der Waals surface area (Å²) in [5.74, 6) is 0. The minimum Gasteiger partial charge on any atom is -0.302 e. The molecule has 0 spiro atoms. The van der Waals surface area contributed by atoms with Gasteiger partial charge in [-0.1, -0.05) is 127 Å². The lowest BCUT2D eigenvalue weighted by Gasteiger charge is -2.24. The van der Waals surface area contributed by atoms with Gasteiger partial charge in [0.15, 0.2) is 0 Å². The Balaban J connectivity index is 1.23. The number of nitrogens with zero attached hydrogens (tertiary/aromatic N) is 1. The molecule has 1 heteroatoms. The summed E-state index contributed by atoms with van der Waals surface area (Å²) in [4.78, 5) is 2.67. The molecule has 0 fully saturated rings. The van der Waals surface area contributed by atoms with Gasteiger partial charge in [-0.2, -0.15) is 0 Å². The summed E-state index contributed by atoms with van der Waals surface area (Å²) in [6.45, 7) is 3.18. The smallest absolute Gasteiger partial charge is 0.00223 e. The molecule has 0 aliphatic heterocycles. The number of rotatable bonds is 9. The number of hydrogen-bond acceptors (Lipinski definition) is 1. The third-order valence-electron chi connectivity index (χ3n) is 7.73. The van der Waals surface area contributed by atoms with Crippen molar-refractivity contribution in [2.24, 2.45) is 0 Å². The Labute approximate surface area is 220 Å². The maximum Gasteiger partial charge on any atom is 0.00223 e. The summed E-state index contributed by atoms with van der Waals surface area (Å²) < 4.78 is 0. The van der Waals surface area contributed by atoms with E-state index in [1.807, 2.05) is 0 Å². The first kappa shape index (κ1) is 23.5. The first-order valence-electron chi connectivity index (χ1n) is 13.5. The van der Waals surface area contributed by atoms with Crippen molar-refractivity contribution in [3.05, 3.63) is 144 Å². The van der Waals surface area contributed by atoms with Gasteiger partial charge in [-0.25, -0.2) is 0 Å². The van der Waals surface area contributed by atoms with Crippen LogP contribution in [0.5, 0.6) is 0 Å². The zero-order valence-electron chi connectivity index (χ0n) is 21.3. The average molecular weight is 480 g/mol. The van der Waals surface area contributed by atoms with E-state index in [4.69, 9.17) is 0 Å². The van der Waals surface area contributed by atoms with Gasteiger partial charge in [-0.15, -0.1) is 0 Å². The highest BCUT2D eigenvalue weighted by atomic mass is 15.1. The topological polar surface area (TPSA) is 3.24 Å². The fraction of sp³-hybridized carbons (Fsp3) is 0.167. The van der Waals surface area contributed by atoms with Gasteiger partial charge in [-0.05, 0) is 68.3 Å². The van der Waals surface area contributed by atoms with Crippen LogP contribution in [0.2, 0.25) is 0 Å². The first-order chi connectivity index (χ1) is 18.3. The molecule has 0 radical (unpaired) electrons. The zero-order chi connectivity index (χ0) is 24.9. The minimum absolute atomic E-state index is 1.06. The molecule has 0 amide bonds. The molecule has 0 saturated carbocycles. The molecule has 1 nitrogen and oxygen atoms in total. The second-order valence-corrected chi connectivity index (χ2v) is 10.0. The first-order valence-corrected chi connectivity index (χ1v) is 13.5. The van der Waals surface area contributed by atoms with E-state index < -0.39 is 0 Å². The van der Waals surface area contributed by atoms with Crippen molar-refractivity contribution < 1.29 is 0 Å². The zero-order valence-corrected chi connectivity index (χ0v) is 21.3. The average Bonchev–Trinajstić information content (AvgIpc) is 2.96. The van der Waals surface area contributed by atoms with Crippen molar-refractivity contribution in [2.45, 2.75) is 19.3 Å². The van der Waals surface area contributed by atoms with E-state index in [1.165, 1.54) is 49.0 Å². The lowest BCUT2D eigenvalue weighted by Crippen LogP contribution is -2.30. The molecule has 0 heterocycles.